The monoisotopic (exact) mass is 386 g/mol. The maximum atomic E-state index is 14.0. The Hall–Kier alpha value is -2.93. The lowest BCUT2D eigenvalue weighted by Crippen LogP contribution is -3.13. The van der Waals surface area contributed by atoms with Crippen molar-refractivity contribution in [3.05, 3.63) is 53.8 Å². The van der Waals surface area contributed by atoms with E-state index in [4.69, 9.17) is 4.74 Å². The fourth-order valence-electron chi connectivity index (χ4n) is 3.22. The van der Waals surface area contributed by atoms with Crippen LogP contribution in [-0.4, -0.2) is 31.5 Å². The average molecular weight is 386 g/mol. The Morgan fingerprint density at radius 3 is 2.57 bits per heavy atom. The van der Waals surface area contributed by atoms with Crippen molar-refractivity contribution >= 4 is 23.2 Å². The summed E-state index contributed by atoms with van der Waals surface area (Å²) in [5, 5.41) is 5.54. The molecule has 2 amide bonds. The van der Waals surface area contributed by atoms with Gasteiger partial charge in [0.15, 0.2) is 6.54 Å². The van der Waals surface area contributed by atoms with Crippen LogP contribution in [0.5, 0.6) is 5.75 Å². The Balaban J connectivity index is 1.69. The van der Waals surface area contributed by atoms with Gasteiger partial charge in [0.1, 0.15) is 18.1 Å². The number of rotatable bonds is 8. The van der Waals surface area contributed by atoms with Gasteiger partial charge >= 0.3 is 0 Å². The zero-order chi connectivity index (χ0) is 20.1. The maximum Gasteiger partial charge on any atom is 0.279 e. The van der Waals surface area contributed by atoms with E-state index < -0.39 is 0 Å². The van der Waals surface area contributed by atoms with Crippen LogP contribution in [0.15, 0.2) is 42.5 Å². The van der Waals surface area contributed by atoms with Crippen LogP contribution in [0.25, 0.3) is 0 Å². The molecule has 2 aromatic rings. The Morgan fingerprint density at radius 2 is 1.93 bits per heavy atom. The number of hydrogen-bond acceptors (Lipinski definition) is 3. The van der Waals surface area contributed by atoms with E-state index in [0.717, 1.165) is 17.7 Å². The number of carbonyl (C=O) groups excluding carboxylic acids is 2. The molecule has 148 valence electrons. The number of halogens is 1. The molecule has 0 spiro atoms. The normalized spacial score (nSPS) is 14.2. The number of benzene rings is 2. The number of carbonyl (C=O) groups is 2. The third-order valence-electron chi connectivity index (χ3n) is 4.71. The largest absolute Gasteiger partial charge is 0.495 e. The van der Waals surface area contributed by atoms with Crippen molar-refractivity contribution < 1.29 is 23.6 Å². The van der Waals surface area contributed by atoms with Gasteiger partial charge in [-0.25, -0.2) is 4.39 Å². The van der Waals surface area contributed by atoms with Gasteiger partial charge in [0.2, 0.25) is 5.91 Å². The number of anilines is 2. The number of ether oxygens (including phenoxy) is 1. The summed E-state index contributed by atoms with van der Waals surface area (Å²) in [6.45, 7) is 2.11. The van der Waals surface area contributed by atoms with Gasteiger partial charge in [-0.1, -0.05) is 18.2 Å². The summed E-state index contributed by atoms with van der Waals surface area (Å²) in [5.41, 5.74) is 1.67. The van der Waals surface area contributed by atoms with Crippen LogP contribution in [0.2, 0.25) is 0 Å². The van der Waals surface area contributed by atoms with E-state index in [-0.39, 0.29) is 24.2 Å². The lowest BCUT2D eigenvalue weighted by atomic mass is 10.2. The molecule has 0 saturated heterocycles. The van der Waals surface area contributed by atoms with Crippen LogP contribution in [0.4, 0.5) is 15.8 Å². The highest BCUT2D eigenvalue weighted by molar-refractivity contribution is 5.95. The summed E-state index contributed by atoms with van der Waals surface area (Å²) in [5.74, 6) is -0.122. The van der Waals surface area contributed by atoms with Crippen LogP contribution >= 0.6 is 0 Å². The fourth-order valence-corrected chi connectivity index (χ4v) is 3.22. The van der Waals surface area contributed by atoms with E-state index in [0.29, 0.717) is 35.3 Å². The molecule has 1 atom stereocenters. The zero-order valence-electron chi connectivity index (χ0n) is 16.0. The second kappa shape index (κ2) is 8.84. The Morgan fingerprint density at radius 1 is 1.18 bits per heavy atom. The topological polar surface area (TPSA) is 71.9 Å². The Bertz CT molecular complexity index is 868. The SMILES string of the molecule is COc1ccc(NC(C)=O)cc1NC(=O)C[NH+](Cc1ccccc1F)C1CC1. The Kier molecular flexibility index (Phi) is 6.26. The van der Waals surface area contributed by atoms with Crippen LogP contribution in [-0.2, 0) is 16.1 Å². The second-order valence-electron chi connectivity index (χ2n) is 7.02. The first-order valence-corrected chi connectivity index (χ1v) is 9.29. The van der Waals surface area contributed by atoms with Crippen molar-refractivity contribution in [2.75, 3.05) is 24.3 Å². The van der Waals surface area contributed by atoms with Gasteiger partial charge in [-0.15, -0.1) is 0 Å². The number of hydrogen-bond donors (Lipinski definition) is 3. The van der Waals surface area contributed by atoms with Gasteiger partial charge < -0.3 is 20.3 Å². The number of quaternary nitrogens is 1. The molecule has 3 rings (SSSR count). The molecule has 0 heterocycles. The van der Waals surface area contributed by atoms with Gasteiger partial charge in [0.05, 0.1) is 18.8 Å². The summed E-state index contributed by atoms with van der Waals surface area (Å²) in [4.78, 5) is 25.0. The van der Waals surface area contributed by atoms with Crippen molar-refractivity contribution in [2.45, 2.75) is 32.4 Å². The number of amides is 2. The first-order valence-electron chi connectivity index (χ1n) is 9.29. The first-order chi connectivity index (χ1) is 13.5. The molecule has 1 unspecified atom stereocenters. The molecule has 1 aliphatic rings. The first kappa shape index (κ1) is 19.8. The molecule has 6 nitrogen and oxygen atoms in total. The Labute approximate surface area is 163 Å². The maximum absolute atomic E-state index is 14.0. The summed E-state index contributed by atoms with van der Waals surface area (Å²) >= 11 is 0. The van der Waals surface area contributed by atoms with E-state index in [2.05, 4.69) is 10.6 Å². The van der Waals surface area contributed by atoms with Crippen molar-refractivity contribution in [2.24, 2.45) is 0 Å². The van der Waals surface area contributed by atoms with Gasteiger partial charge in [-0.05, 0) is 24.3 Å². The van der Waals surface area contributed by atoms with Crippen LogP contribution < -0.4 is 20.3 Å². The van der Waals surface area contributed by atoms with E-state index in [1.807, 2.05) is 0 Å². The number of methoxy groups -OCH3 is 1. The highest BCUT2D eigenvalue weighted by Crippen LogP contribution is 2.27. The molecule has 3 N–H and O–H groups in total. The zero-order valence-corrected chi connectivity index (χ0v) is 16.0. The van der Waals surface area contributed by atoms with E-state index in [1.165, 1.54) is 20.1 Å². The van der Waals surface area contributed by atoms with Gasteiger partial charge in [0, 0.05) is 31.0 Å². The van der Waals surface area contributed by atoms with E-state index >= 15 is 0 Å². The van der Waals surface area contributed by atoms with Crippen molar-refractivity contribution in [1.29, 1.82) is 0 Å². The molecule has 0 radical (unpaired) electrons. The molecule has 0 bridgehead atoms. The van der Waals surface area contributed by atoms with Crippen molar-refractivity contribution in [1.82, 2.24) is 0 Å². The lowest BCUT2D eigenvalue weighted by molar-refractivity contribution is -0.917. The highest BCUT2D eigenvalue weighted by Gasteiger charge is 2.35. The molecule has 1 fully saturated rings. The van der Waals surface area contributed by atoms with Crippen LogP contribution in [0.3, 0.4) is 0 Å². The molecule has 7 heteroatoms. The van der Waals surface area contributed by atoms with Gasteiger partial charge in [-0.2, -0.15) is 0 Å². The highest BCUT2D eigenvalue weighted by atomic mass is 19.1. The van der Waals surface area contributed by atoms with Crippen molar-refractivity contribution in [3.8, 4) is 5.75 Å². The van der Waals surface area contributed by atoms with Gasteiger partial charge in [0.25, 0.3) is 5.91 Å². The van der Waals surface area contributed by atoms with Crippen LogP contribution in [0, 0.1) is 5.82 Å². The standard InChI is InChI=1S/C21H24FN3O3/c1-14(26)23-16-7-10-20(28-2)19(11-16)24-21(27)13-25(17-8-9-17)12-15-5-3-4-6-18(15)22/h3-7,10-11,17H,8-9,12-13H2,1-2H3,(H,23,26)(H,24,27)/p+1. The summed E-state index contributed by atoms with van der Waals surface area (Å²) in [7, 11) is 1.52. The molecule has 28 heavy (non-hydrogen) atoms. The molecular weight excluding hydrogens is 361 g/mol. The average Bonchev–Trinajstić information content (AvgIpc) is 3.48. The summed E-state index contributed by atoms with van der Waals surface area (Å²) < 4.78 is 19.3. The van der Waals surface area contributed by atoms with Crippen LogP contribution in [0.1, 0.15) is 25.3 Å². The predicted octanol–water partition coefficient (Wildman–Crippen LogP) is 1.98. The predicted molar refractivity (Wildman–Crippen MR) is 105 cm³/mol. The van der Waals surface area contributed by atoms with E-state index in [1.54, 1.807) is 36.4 Å². The second-order valence-corrected chi connectivity index (χ2v) is 7.02. The smallest absolute Gasteiger partial charge is 0.279 e. The molecule has 1 saturated carbocycles. The quantitative estimate of drug-likeness (QED) is 0.650. The third kappa shape index (κ3) is 5.29. The minimum absolute atomic E-state index is 0.184. The van der Waals surface area contributed by atoms with E-state index in [9.17, 15) is 14.0 Å². The number of nitrogens with one attached hydrogen (secondary N) is 3. The molecule has 1 aliphatic carbocycles. The minimum Gasteiger partial charge on any atom is -0.495 e. The molecule has 2 aromatic carbocycles. The fraction of sp³-hybridized carbons (Fsp3) is 0.333. The van der Waals surface area contributed by atoms with Gasteiger partial charge in [-0.3, -0.25) is 9.59 Å². The van der Waals surface area contributed by atoms with Crippen molar-refractivity contribution in [3.63, 3.8) is 0 Å². The molecule has 0 aliphatic heterocycles. The minimum atomic E-state index is -0.245. The summed E-state index contributed by atoms with van der Waals surface area (Å²) in [6.07, 6.45) is 2.08. The third-order valence-corrected chi connectivity index (χ3v) is 4.71. The molecular formula is C21H25FN3O3+. The lowest BCUT2D eigenvalue weighted by Gasteiger charge is -2.20. The summed E-state index contributed by atoms with van der Waals surface area (Å²) in [6, 6.07) is 12.1. The molecule has 0 aromatic heterocycles.